The molecule has 0 saturated carbocycles. The van der Waals surface area contributed by atoms with Crippen LogP contribution in [0, 0.1) is 5.92 Å². The van der Waals surface area contributed by atoms with E-state index in [-0.39, 0.29) is 13.0 Å². The summed E-state index contributed by atoms with van der Waals surface area (Å²) in [5.41, 5.74) is 0. The van der Waals surface area contributed by atoms with Gasteiger partial charge < -0.3 is 10.1 Å². The van der Waals surface area contributed by atoms with Crippen molar-refractivity contribution in [1.29, 1.82) is 0 Å². The van der Waals surface area contributed by atoms with E-state index in [0.717, 1.165) is 0 Å². The zero-order valence-electron chi connectivity index (χ0n) is 7.02. The smallest absolute Gasteiger partial charge is 0.403 e. The van der Waals surface area contributed by atoms with Crippen LogP contribution >= 0.6 is 0 Å². The lowest BCUT2D eigenvalue weighted by molar-refractivity contribution is -0.154. The summed E-state index contributed by atoms with van der Waals surface area (Å²) in [6.07, 6.45) is -4.50. The van der Waals surface area contributed by atoms with Gasteiger partial charge in [0.25, 0.3) is 0 Å². The fourth-order valence-corrected chi connectivity index (χ4v) is 1.33. The monoisotopic (exact) mass is 197 g/mol. The molecule has 0 aromatic rings. The van der Waals surface area contributed by atoms with Crippen LogP contribution in [-0.2, 0) is 9.53 Å². The van der Waals surface area contributed by atoms with Crippen LogP contribution in [0.5, 0.6) is 0 Å². The van der Waals surface area contributed by atoms with E-state index in [4.69, 9.17) is 0 Å². The maximum atomic E-state index is 12.1. The summed E-state index contributed by atoms with van der Waals surface area (Å²) >= 11 is 0. The zero-order valence-corrected chi connectivity index (χ0v) is 7.02. The average Bonchev–Trinajstić information content (AvgIpc) is 2.50. The Bertz CT molecular complexity index is 204. The number of ether oxygens (including phenoxy) is 1. The first-order valence-electron chi connectivity index (χ1n) is 3.83. The van der Waals surface area contributed by atoms with Crippen molar-refractivity contribution in [3.63, 3.8) is 0 Å². The standard InChI is InChI=1S/C7H10F3NO2/c1-13-6(12)4-2-5(11-3-4)7(8,9)10/h4-5,11H,2-3H2,1H3/t4-,5-/m0/s1. The Labute approximate surface area is 73.2 Å². The highest BCUT2D eigenvalue weighted by atomic mass is 19.4. The number of methoxy groups -OCH3 is 1. The van der Waals surface area contributed by atoms with E-state index < -0.39 is 24.1 Å². The first-order valence-corrected chi connectivity index (χ1v) is 3.83. The van der Waals surface area contributed by atoms with Crippen LogP contribution in [0.25, 0.3) is 0 Å². The number of nitrogens with one attached hydrogen (secondary N) is 1. The number of hydrogen-bond acceptors (Lipinski definition) is 3. The minimum atomic E-state index is -4.28. The van der Waals surface area contributed by atoms with Crippen molar-refractivity contribution in [2.24, 2.45) is 5.92 Å². The number of esters is 1. The predicted octanol–water partition coefficient (Wildman–Crippen LogP) is 0.700. The topological polar surface area (TPSA) is 38.3 Å². The van der Waals surface area contributed by atoms with Crippen LogP contribution in [0.4, 0.5) is 13.2 Å². The predicted molar refractivity (Wildman–Crippen MR) is 38.0 cm³/mol. The molecule has 0 amide bonds. The minimum Gasteiger partial charge on any atom is -0.469 e. The molecule has 0 spiro atoms. The molecule has 0 unspecified atom stereocenters. The average molecular weight is 197 g/mol. The zero-order chi connectivity index (χ0) is 10.1. The van der Waals surface area contributed by atoms with Crippen LogP contribution in [0.3, 0.4) is 0 Å². The Morgan fingerprint density at radius 2 is 2.15 bits per heavy atom. The van der Waals surface area contributed by atoms with Crippen LogP contribution in [-0.4, -0.2) is 31.8 Å². The van der Waals surface area contributed by atoms with Gasteiger partial charge in [0.15, 0.2) is 0 Å². The Hall–Kier alpha value is -0.780. The van der Waals surface area contributed by atoms with Crippen molar-refractivity contribution >= 4 is 5.97 Å². The van der Waals surface area contributed by atoms with Crippen LogP contribution in [0.1, 0.15) is 6.42 Å². The van der Waals surface area contributed by atoms with Gasteiger partial charge in [0.05, 0.1) is 13.0 Å². The number of carbonyl (C=O) groups is 1. The van der Waals surface area contributed by atoms with Crippen LogP contribution in [0.2, 0.25) is 0 Å². The molecule has 0 aliphatic carbocycles. The molecule has 6 heteroatoms. The molecule has 1 rings (SSSR count). The fourth-order valence-electron chi connectivity index (χ4n) is 1.33. The molecule has 0 aromatic heterocycles. The Morgan fingerprint density at radius 1 is 1.54 bits per heavy atom. The molecule has 1 N–H and O–H groups in total. The second kappa shape index (κ2) is 3.53. The van der Waals surface area contributed by atoms with Gasteiger partial charge in [-0.1, -0.05) is 0 Å². The lowest BCUT2D eigenvalue weighted by Crippen LogP contribution is -2.36. The third kappa shape index (κ3) is 2.33. The molecular formula is C7H10F3NO2. The molecule has 0 aromatic carbocycles. The Balaban J connectivity index is 2.50. The summed E-state index contributed by atoms with van der Waals surface area (Å²) in [5.74, 6) is -1.25. The molecule has 13 heavy (non-hydrogen) atoms. The molecule has 1 aliphatic heterocycles. The molecule has 76 valence electrons. The SMILES string of the molecule is COC(=O)[C@@H]1CN[C@H](C(F)(F)F)C1. The van der Waals surface area contributed by atoms with Gasteiger partial charge in [-0.2, -0.15) is 13.2 Å². The van der Waals surface area contributed by atoms with Crippen molar-refractivity contribution in [3.05, 3.63) is 0 Å². The van der Waals surface area contributed by atoms with E-state index in [0.29, 0.717) is 0 Å². The van der Waals surface area contributed by atoms with E-state index in [2.05, 4.69) is 10.1 Å². The summed E-state index contributed by atoms with van der Waals surface area (Å²) < 4.78 is 40.6. The highest BCUT2D eigenvalue weighted by Crippen LogP contribution is 2.29. The van der Waals surface area contributed by atoms with E-state index >= 15 is 0 Å². The molecule has 0 radical (unpaired) electrons. The lowest BCUT2D eigenvalue weighted by Gasteiger charge is -2.13. The normalized spacial score (nSPS) is 28.9. The van der Waals surface area contributed by atoms with E-state index in [1.807, 2.05) is 0 Å². The van der Waals surface area contributed by atoms with Gasteiger partial charge in [-0.05, 0) is 6.42 Å². The van der Waals surface area contributed by atoms with Gasteiger partial charge in [0.1, 0.15) is 6.04 Å². The van der Waals surface area contributed by atoms with Gasteiger partial charge in [0, 0.05) is 6.54 Å². The van der Waals surface area contributed by atoms with E-state index in [9.17, 15) is 18.0 Å². The third-order valence-electron chi connectivity index (χ3n) is 2.06. The van der Waals surface area contributed by atoms with Crippen molar-refractivity contribution in [2.45, 2.75) is 18.6 Å². The molecule has 1 aliphatic rings. The largest absolute Gasteiger partial charge is 0.469 e. The van der Waals surface area contributed by atoms with Gasteiger partial charge in [-0.15, -0.1) is 0 Å². The second-order valence-electron chi connectivity index (χ2n) is 2.96. The third-order valence-corrected chi connectivity index (χ3v) is 2.06. The first-order chi connectivity index (χ1) is 5.95. The highest BCUT2D eigenvalue weighted by Gasteiger charge is 2.45. The molecular weight excluding hydrogens is 187 g/mol. The summed E-state index contributed by atoms with van der Waals surface area (Å²) in [4.78, 5) is 10.9. The van der Waals surface area contributed by atoms with E-state index in [1.54, 1.807) is 0 Å². The molecule has 1 heterocycles. The van der Waals surface area contributed by atoms with E-state index in [1.165, 1.54) is 7.11 Å². The Kier molecular flexibility index (Phi) is 2.80. The molecule has 0 bridgehead atoms. The van der Waals surface area contributed by atoms with Crippen molar-refractivity contribution in [1.82, 2.24) is 5.32 Å². The number of alkyl halides is 3. The van der Waals surface area contributed by atoms with Crippen molar-refractivity contribution < 1.29 is 22.7 Å². The van der Waals surface area contributed by atoms with Gasteiger partial charge in [-0.25, -0.2) is 0 Å². The summed E-state index contributed by atoms with van der Waals surface area (Å²) in [7, 11) is 1.17. The van der Waals surface area contributed by atoms with Crippen molar-refractivity contribution in [3.8, 4) is 0 Å². The molecule has 1 fully saturated rings. The molecule has 2 atom stereocenters. The lowest BCUT2D eigenvalue weighted by atomic mass is 10.1. The van der Waals surface area contributed by atoms with Gasteiger partial charge in [0.2, 0.25) is 0 Å². The number of carbonyl (C=O) groups excluding carboxylic acids is 1. The minimum absolute atomic E-state index is 0.0385. The van der Waals surface area contributed by atoms with Crippen LogP contribution < -0.4 is 5.32 Å². The quantitative estimate of drug-likeness (QED) is 0.629. The van der Waals surface area contributed by atoms with Gasteiger partial charge >= 0.3 is 12.1 Å². The highest BCUT2D eigenvalue weighted by molar-refractivity contribution is 5.73. The first kappa shape index (κ1) is 10.3. The number of rotatable bonds is 1. The molecule has 3 nitrogen and oxygen atoms in total. The molecule has 1 saturated heterocycles. The Morgan fingerprint density at radius 3 is 2.54 bits per heavy atom. The van der Waals surface area contributed by atoms with Crippen LogP contribution in [0.15, 0.2) is 0 Å². The summed E-state index contributed by atoms with van der Waals surface area (Å²) in [6, 6.07) is -1.57. The maximum absolute atomic E-state index is 12.1. The number of hydrogen-bond donors (Lipinski definition) is 1. The van der Waals surface area contributed by atoms with Crippen molar-refractivity contribution in [2.75, 3.05) is 13.7 Å². The fraction of sp³-hybridized carbons (Fsp3) is 0.857. The maximum Gasteiger partial charge on any atom is 0.403 e. The summed E-state index contributed by atoms with van der Waals surface area (Å²) in [6.45, 7) is 0.0385. The summed E-state index contributed by atoms with van der Waals surface area (Å²) in [5, 5.41) is 2.24. The van der Waals surface area contributed by atoms with Gasteiger partial charge in [-0.3, -0.25) is 4.79 Å². The second-order valence-corrected chi connectivity index (χ2v) is 2.96. The number of halogens is 3.